The first-order valence-electron chi connectivity index (χ1n) is 7.04. The zero-order valence-corrected chi connectivity index (χ0v) is 13.0. The smallest absolute Gasteiger partial charge is 0.424 e. The van der Waals surface area contributed by atoms with Gasteiger partial charge in [-0.3, -0.25) is 0 Å². The summed E-state index contributed by atoms with van der Waals surface area (Å²) >= 11 is 0. The molecule has 0 amide bonds. The van der Waals surface area contributed by atoms with Crippen LogP contribution in [0, 0.1) is 20.8 Å². The van der Waals surface area contributed by atoms with Crippen molar-refractivity contribution >= 4 is 5.82 Å². The van der Waals surface area contributed by atoms with Gasteiger partial charge in [-0.1, -0.05) is 0 Å². The van der Waals surface area contributed by atoms with Gasteiger partial charge in [-0.05, 0) is 32.9 Å². The summed E-state index contributed by atoms with van der Waals surface area (Å²) < 4.78 is 44.9. The molecule has 5 nitrogen and oxygen atoms in total. The Morgan fingerprint density at radius 2 is 1.87 bits per heavy atom. The molecule has 2 heterocycles. The fourth-order valence-electron chi connectivity index (χ4n) is 2.24. The number of anilines is 1. The molecule has 0 aliphatic rings. The number of nitrogens with zero attached hydrogens (tertiary/aromatic N) is 2. The zero-order chi connectivity index (χ0) is 17.3. The normalized spacial score (nSPS) is 14.6. The van der Waals surface area contributed by atoms with Gasteiger partial charge in [0.05, 0.1) is 0 Å². The summed E-state index contributed by atoms with van der Waals surface area (Å²) in [4.78, 5) is 8.17. The summed E-state index contributed by atoms with van der Waals surface area (Å²) in [5, 5.41) is 12.9. The van der Waals surface area contributed by atoms with Crippen molar-refractivity contribution < 1.29 is 22.7 Å². The molecule has 0 fully saturated rings. The molecule has 0 aliphatic heterocycles. The molecule has 0 unspecified atom stereocenters. The van der Waals surface area contributed by atoms with Crippen molar-refractivity contribution in [3.8, 4) is 0 Å². The molecule has 0 aliphatic carbocycles. The van der Waals surface area contributed by atoms with Crippen LogP contribution in [0.1, 0.15) is 29.5 Å². The Balaban J connectivity index is 2.13. The minimum absolute atomic E-state index is 0.133. The van der Waals surface area contributed by atoms with E-state index in [1.165, 1.54) is 13.0 Å². The van der Waals surface area contributed by atoms with Gasteiger partial charge in [0.2, 0.25) is 5.60 Å². The maximum absolute atomic E-state index is 13.3. The van der Waals surface area contributed by atoms with Gasteiger partial charge in [-0.2, -0.15) is 13.2 Å². The maximum Gasteiger partial charge on any atom is 0.424 e. The molecule has 0 spiro atoms. The number of rotatable bonds is 5. The lowest BCUT2D eigenvalue weighted by Crippen LogP contribution is -2.43. The highest BCUT2D eigenvalue weighted by atomic mass is 19.4. The Labute approximate surface area is 131 Å². The SMILES string of the molecule is Cc1cc(NCC[C@@](O)(c2ccc(C)o2)C(F)(F)F)nc(C)n1. The lowest BCUT2D eigenvalue weighted by atomic mass is 9.95. The molecule has 0 saturated carbocycles. The third-order valence-electron chi connectivity index (χ3n) is 3.38. The van der Waals surface area contributed by atoms with E-state index < -0.39 is 24.0 Å². The second-order valence-electron chi connectivity index (χ2n) is 5.39. The van der Waals surface area contributed by atoms with E-state index in [9.17, 15) is 18.3 Å². The van der Waals surface area contributed by atoms with Gasteiger partial charge < -0.3 is 14.8 Å². The van der Waals surface area contributed by atoms with Crippen LogP contribution >= 0.6 is 0 Å². The second-order valence-corrected chi connectivity index (χ2v) is 5.39. The van der Waals surface area contributed by atoms with Gasteiger partial charge in [-0.15, -0.1) is 0 Å². The first-order valence-corrected chi connectivity index (χ1v) is 7.04. The molecule has 2 rings (SSSR count). The Morgan fingerprint density at radius 3 is 2.39 bits per heavy atom. The molecule has 2 aromatic rings. The zero-order valence-electron chi connectivity index (χ0n) is 13.0. The molecule has 126 valence electrons. The van der Waals surface area contributed by atoms with Gasteiger partial charge in [0.15, 0.2) is 0 Å². The predicted octanol–water partition coefficient (Wildman–Crippen LogP) is 3.25. The molecular formula is C15H18F3N3O2. The molecule has 0 bridgehead atoms. The van der Waals surface area contributed by atoms with Crippen LogP contribution in [-0.4, -0.2) is 27.8 Å². The first kappa shape index (κ1) is 17.3. The van der Waals surface area contributed by atoms with Crippen LogP contribution in [0.2, 0.25) is 0 Å². The number of furan rings is 1. The fraction of sp³-hybridized carbons (Fsp3) is 0.467. The van der Waals surface area contributed by atoms with Crippen molar-refractivity contribution in [1.82, 2.24) is 9.97 Å². The number of nitrogens with one attached hydrogen (secondary N) is 1. The highest BCUT2D eigenvalue weighted by molar-refractivity contribution is 5.35. The lowest BCUT2D eigenvalue weighted by molar-refractivity contribution is -0.274. The minimum Gasteiger partial charge on any atom is -0.463 e. The van der Waals surface area contributed by atoms with Gasteiger partial charge >= 0.3 is 6.18 Å². The summed E-state index contributed by atoms with van der Waals surface area (Å²) in [7, 11) is 0. The van der Waals surface area contributed by atoms with Gasteiger partial charge in [-0.25, -0.2) is 9.97 Å². The molecule has 8 heteroatoms. The summed E-state index contributed by atoms with van der Waals surface area (Å²) in [6.07, 6.45) is -5.46. The molecule has 0 radical (unpaired) electrons. The number of aliphatic hydroxyl groups is 1. The molecule has 1 atom stereocenters. The van der Waals surface area contributed by atoms with E-state index in [-0.39, 0.29) is 6.54 Å². The van der Waals surface area contributed by atoms with E-state index in [2.05, 4.69) is 15.3 Å². The van der Waals surface area contributed by atoms with Crippen LogP contribution in [0.5, 0.6) is 0 Å². The Morgan fingerprint density at radius 1 is 1.17 bits per heavy atom. The average Bonchev–Trinajstić information content (AvgIpc) is 2.83. The van der Waals surface area contributed by atoms with Crippen LogP contribution in [0.25, 0.3) is 0 Å². The Bertz CT molecular complexity index is 665. The van der Waals surface area contributed by atoms with Gasteiger partial charge in [0.25, 0.3) is 0 Å². The minimum atomic E-state index is -4.85. The van der Waals surface area contributed by atoms with E-state index in [0.717, 1.165) is 6.07 Å². The third-order valence-corrected chi connectivity index (χ3v) is 3.38. The predicted molar refractivity (Wildman–Crippen MR) is 78.0 cm³/mol. The summed E-state index contributed by atoms with van der Waals surface area (Å²) in [5.74, 6) is 0.715. The molecule has 2 aromatic heterocycles. The standard InChI is InChI=1S/C15H18F3N3O2/c1-9-8-13(21-11(3)20-9)19-7-6-14(22,15(16,17)18)12-5-4-10(2)23-12/h4-5,8,22H,6-7H2,1-3H3,(H,19,20,21)/t14-/m1/s1. The fourth-order valence-corrected chi connectivity index (χ4v) is 2.24. The summed E-state index contributed by atoms with van der Waals surface area (Å²) in [5.41, 5.74) is -2.35. The average molecular weight is 329 g/mol. The monoisotopic (exact) mass is 329 g/mol. The van der Waals surface area contributed by atoms with Crippen molar-refractivity contribution in [2.75, 3.05) is 11.9 Å². The molecule has 23 heavy (non-hydrogen) atoms. The number of aryl methyl sites for hydroxylation is 3. The highest BCUT2D eigenvalue weighted by Crippen LogP contribution is 2.42. The van der Waals surface area contributed by atoms with Gasteiger partial charge in [0.1, 0.15) is 23.2 Å². The van der Waals surface area contributed by atoms with E-state index in [1.807, 2.05) is 0 Å². The van der Waals surface area contributed by atoms with Crippen LogP contribution in [0.15, 0.2) is 22.6 Å². The number of halogens is 3. The van der Waals surface area contributed by atoms with Crippen LogP contribution in [-0.2, 0) is 5.60 Å². The topological polar surface area (TPSA) is 71.2 Å². The van der Waals surface area contributed by atoms with Crippen LogP contribution < -0.4 is 5.32 Å². The lowest BCUT2D eigenvalue weighted by Gasteiger charge is -2.28. The molecule has 0 aromatic carbocycles. The number of alkyl halides is 3. The number of hydrogen-bond donors (Lipinski definition) is 2. The van der Waals surface area contributed by atoms with E-state index in [4.69, 9.17) is 4.42 Å². The quantitative estimate of drug-likeness (QED) is 0.881. The number of aromatic nitrogens is 2. The summed E-state index contributed by atoms with van der Waals surface area (Å²) in [6, 6.07) is 4.15. The molecular weight excluding hydrogens is 311 g/mol. The van der Waals surface area contributed by atoms with Crippen LogP contribution in [0.4, 0.5) is 19.0 Å². The van der Waals surface area contributed by atoms with Crippen LogP contribution in [0.3, 0.4) is 0 Å². The van der Waals surface area contributed by atoms with Crippen molar-refractivity contribution in [1.29, 1.82) is 0 Å². The van der Waals surface area contributed by atoms with E-state index in [1.54, 1.807) is 19.9 Å². The van der Waals surface area contributed by atoms with Crippen molar-refractivity contribution in [2.24, 2.45) is 0 Å². The Kier molecular flexibility index (Phi) is 4.65. The van der Waals surface area contributed by atoms with Crippen molar-refractivity contribution in [3.63, 3.8) is 0 Å². The first-order chi connectivity index (χ1) is 10.6. The van der Waals surface area contributed by atoms with E-state index in [0.29, 0.717) is 23.1 Å². The molecule has 0 saturated heterocycles. The molecule has 2 N–H and O–H groups in total. The maximum atomic E-state index is 13.3. The summed E-state index contributed by atoms with van der Waals surface area (Å²) in [6.45, 7) is 4.84. The van der Waals surface area contributed by atoms with Crippen molar-refractivity contribution in [3.05, 3.63) is 41.2 Å². The number of hydrogen-bond acceptors (Lipinski definition) is 5. The second kappa shape index (κ2) is 6.19. The Hall–Kier alpha value is -2.09. The largest absolute Gasteiger partial charge is 0.463 e. The van der Waals surface area contributed by atoms with Crippen molar-refractivity contribution in [2.45, 2.75) is 39.0 Å². The van der Waals surface area contributed by atoms with Gasteiger partial charge in [0, 0.05) is 24.7 Å². The third kappa shape index (κ3) is 3.82. The highest BCUT2D eigenvalue weighted by Gasteiger charge is 2.56. The van der Waals surface area contributed by atoms with E-state index >= 15 is 0 Å².